The van der Waals surface area contributed by atoms with E-state index in [1.165, 1.54) is 0 Å². The van der Waals surface area contributed by atoms with E-state index in [1.807, 2.05) is 68.5 Å². The van der Waals surface area contributed by atoms with Gasteiger partial charge in [-0.15, -0.1) is 0 Å². The molecule has 0 unspecified atom stereocenters. The number of aromatic nitrogens is 1. The summed E-state index contributed by atoms with van der Waals surface area (Å²) in [7, 11) is 0. The van der Waals surface area contributed by atoms with Crippen LogP contribution in [0.1, 0.15) is 37.1 Å². The highest BCUT2D eigenvalue weighted by molar-refractivity contribution is 6.35. The van der Waals surface area contributed by atoms with Gasteiger partial charge in [0.25, 0.3) is 5.91 Å². The maximum absolute atomic E-state index is 12.3. The van der Waals surface area contributed by atoms with Gasteiger partial charge in [0.05, 0.1) is 5.57 Å². The first-order valence-corrected chi connectivity index (χ1v) is 9.07. The Morgan fingerprint density at radius 1 is 1.07 bits per heavy atom. The Morgan fingerprint density at radius 3 is 2.56 bits per heavy atom. The minimum atomic E-state index is -0.840. The molecule has 3 aromatic rings. The number of benzene rings is 2. The van der Waals surface area contributed by atoms with E-state index in [4.69, 9.17) is 5.11 Å². The summed E-state index contributed by atoms with van der Waals surface area (Å²) in [6, 6.07) is 15.3. The van der Waals surface area contributed by atoms with Crippen LogP contribution in [0.25, 0.3) is 22.6 Å². The molecule has 27 heavy (non-hydrogen) atoms. The predicted molar refractivity (Wildman–Crippen MR) is 109 cm³/mol. The summed E-state index contributed by atoms with van der Waals surface area (Å²) in [6.45, 7) is 4.00. The molecule has 0 aliphatic carbocycles. The van der Waals surface area contributed by atoms with Crippen molar-refractivity contribution in [1.29, 1.82) is 0 Å². The molecular weight excluding hydrogens is 340 g/mol. The molecule has 1 aliphatic rings. The topological polar surface area (TPSA) is 82.2 Å². The Morgan fingerprint density at radius 2 is 1.78 bits per heavy atom. The van der Waals surface area contributed by atoms with Crippen LogP contribution in [-0.2, 0) is 16.0 Å². The highest BCUT2D eigenvalue weighted by Gasteiger charge is 2.24. The Kier molecular flexibility index (Phi) is 5.41. The molecule has 1 aliphatic heterocycles. The lowest BCUT2D eigenvalue weighted by Gasteiger charge is -2.01. The van der Waals surface area contributed by atoms with Crippen LogP contribution in [0.5, 0.6) is 0 Å². The van der Waals surface area contributed by atoms with Gasteiger partial charge in [-0.3, -0.25) is 9.59 Å². The standard InChI is InChI=1S/C20H16N2O3.C2H6/c23-19(24)10-9-14-12-5-1-3-7-16(12)21-18(14)11-15-13-6-2-4-8-17(13)22-20(15)25;1-2/h1-8,11,21H,9-10H2,(H,22,25)(H,23,24);1-2H3/b15-11-;. The van der Waals surface area contributed by atoms with Gasteiger partial charge in [0.2, 0.25) is 0 Å². The fourth-order valence-electron chi connectivity index (χ4n) is 3.27. The zero-order valence-corrected chi connectivity index (χ0v) is 15.4. The molecule has 2 heterocycles. The van der Waals surface area contributed by atoms with Crippen LogP contribution in [0.15, 0.2) is 48.5 Å². The number of aromatic amines is 1. The Bertz CT molecular complexity index is 1030. The van der Waals surface area contributed by atoms with E-state index < -0.39 is 5.97 Å². The van der Waals surface area contributed by atoms with Crippen LogP contribution in [0.4, 0.5) is 5.69 Å². The van der Waals surface area contributed by atoms with Gasteiger partial charge in [-0.2, -0.15) is 0 Å². The van der Waals surface area contributed by atoms with E-state index in [0.29, 0.717) is 12.0 Å². The maximum atomic E-state index is 12.3. The number of carbonyl (C=O) groups is 2. The van der Waals surface area contributed by atoms with Crippen LogP contribution in [-0.4, -0.2) is 22.0 Å². The Labute approximate surface area is 157 Å². The highest BCUT2D eigenvalue weighted by atomic mass is 16.4. The minimum absolute atomic E-state index is 0.0425. The minimum Gasteiger partial charge on any atom is -0.481 e. The van der Waals surface area contributed by atoms with Gasteiger partial charge in [-0.25, -0.2) is 0 Å². The number of aliphatic carboxylic acids is 1. The van der Waals surface area contributed by atoms with Crippen LogP contribution >= 0.6 is 0 Å². The molecule has 0 fully saturated rings. The van der Waals surface area contributed by atoms with E-state index >= 15 is 0 Å². The van der Waals surface area contributed by atoms with E-state index in [1.54, 1.807) is 0 Å². The number of rotatable bonds is 4. The van der Waals surface area contributed by atoms with Crippen LogP contribution in [0, 0.1) is 0 Å². The lowest BCUT2D eigenvalue weighted by atomic mass is 10.0. The van der Waals surface area contributed by atoms with Crippen molar-refractivity contribution in [3.8, 4) is 0 Å². The normalized spacial score (nSPS) is 13.9. The summed E-state index contributed by atoms with van der Waals surface area (Å²) in [5, 5.41) is 12.9. The molecular formula is C22H22N2O3. The molecule has 0 saturated carbocycles. The van der Waals surface area contributed by atoms with Crippen LogP contribution in [0.2, 0.25) is 0 Å². The number of amides is 1. The molecule has 1 aromatic heterocycles. The largest absolute Gasteiger partial charge is 0.481 e. The molecule has 2 aromatic carbocycles. The second-order valence-electron chi connectivity index (χ2n) is 6.01. The molecule has 4 rings (SSSR count). The second-order valence-corrected chi connectivity index (χ2v) is 6.01. The number of H-pyrrole nitrogens is 1. The number of carboxylic acids is 1. The number of anilines is 1. The number of hydrogen-bond acceptors (Lipinski definition) is 2. The van der Waals surface area contributed by atoms with Crippen molar-refractivity contribution in [2.24, 2.45) is 0 Å². The zero-order chi connectivity index (χ0) is 19.4. The van der Waals surface area contributed by atoms with Crippen molar-refractivity contribution in [3.63, 3.8) is 0 Å². The monoisotopic (exact) mass is 362 g/mol. The fourth-order valence-corrected chi connectivity index (χ4v) is 3.27. The Hall–Kier alpha value is -3.34. The molecule has 3 N–H and O–H groups in total. The van der Waals surface area contributed by atoms with Crippen molar-refractivity contribution in [2.75, 3.05) is 5.32 Å². The molecule has 1 amide bonds. The van der Waals surface area contributed by atoms with Gasteiger partial charge in [-0.05, 0) is 30.2 Å². The SMILES string of the molecule is CC.O=C(O)CCc1c(/C=C2\C(=O)Nc3ccccc32)[nH]c2ccccc12. The van der Waals surface area contributed by atoms with Crippen molar-refractivity contribution in [3.05, 3.63) is 65.4 Å². The number of fused-ring (bicyclic) bond motifs is 2. The third-order valence-electron chi connectivity index (χ3n) is 4.43. The first-order chi connectivity index (χ1) is 13.1. The molecule has 5 heteroatoms. The second kappa shape index (κ2) is 7.91. The first kappa shape index (κ1) is 18.5. The summed E-state index contributed by atoms with van der Waals surface area (Å²) >= 11 is 0. The summed E-state index contributed by atoms with van der Waals surface area (Å²) in [5.41, 5.74) is 4.87. The van der Waals surface area contributed by atoms with Gasteiger partial charge in [-0.1, -0.05) is 50.2 Å². The number of carbonyl (C=O) groups excluding carboxylic acids is 1. The molecule has 0 spiro atoms. The molecule has 0 radical (unpaired) electrons. The molecule has 5 nitrogen and oxygen atoms in total. The summed E-state index contributed by atoms with van der Waals surface area (Å²) in [6.07, 6.45) is 2.26. The summed E-state index contributed by atoms with van der Waals surface area (Å²) in [4.78, 5) is 26.7. The zero-order valence-electron chi connectivity index (χ0n) is 15.4. The Balaban J connectivity index is 0.00000102. The van der Waals surface area contributed by atoms with Gasteiger partial charge >= 0.3 is 5.97 Å². The quantitative estimate of drug-likeness (QED) is 0.588. The van der Waals surface area contributed by atoms with Crippen molar-refractivity contribution < 1.29 is 14.7 Å². The third kappa shape index (κ3) is 3.62. The molecule has 0 bridgehead atoms. The average molecular weight is 362 g/mol. The van der Waals surface area contributed by atoms with E-state index in [2.05, 4.69) is 10.3 Å². The smallest absolute Gasteiger partial charge is 0.303 e. The maximum Gasteiger partial charge on any atom is 0.303 e. The summed E-state index contributed by atoms with van der Waals surface area (Å²) in [5.74, 6) is -0.989. The van der Waals surface area contributed by atoms with Gasteiger partial charge in [0.1, 0.15) is 0 Å². The highest BCUT2D eigenvalue weighted by Crippen LogP contribution is 2.34. The predicted octanol–water partition coefficient (Wildman–Crippen LogP) is 4.70. The molecule has 138 valence electrons. The van der Waals surface area contributed by atoms with Gasteiger partial charge in [0.15, 0.2) is 0 Å². The molecule has 0 atom stereocenters. The number of para-hydroxylation sites is 2. The van der Waals surface area contributed by atoms with Crippen molar-refractivity contribution in [2.45, 2.75) is 26.7 Å². The first-order valence-electron chi connectivity index (χ1n) is 9.07. The average Bonchev–Trinajstić information content (AvgIpc) is 3.19. The number of nitrogens with one attached hydrogen (secondary N) is 2. The fraction of sp³-hybridized carbons (Fsp3) is 0.182. The van der Waals surface area contributed by atoms with E-state index in [0.717, 1.165) is 33.4 Å². The van der Waals surface area contributed by atoms with Crippen LogP contribution in [0.3, 0.4) is 0 Å². The number of aryl methyl sites for hydroxylation is 1. The number of carboxylic acid groups (broad SMARTS) is 1. The van der Waals surface area contributed by atoms with Crippen LogP contribution < -0.4 is 5.32 Å². The van der Waals surface area contributed by atoms with E-state index in [-0.39, 0.29) is 12.3 Å². The van der Waals surface area contributed by atoms with E-state index in [9.17, 15) is 9.59 Å². The summed E-state index contributed by atoms with van der Waals surface area (Å²) < 4.78 is 0. The lowest BCUT2D eigenvalue weighted by Crippen LogP contribution is -2.04. The lowest BCUT2D eigenvalue weighted by molar-refractivity contribution is -0.136. The van der Waals surface area contributed by atoms with Crippen molar-refractivity contribution >= 4 is 40.1 Å². The molecule has 0 saturated heterocycles. The third-order valence-corrected chi connectivity index (χ3v) is 4.43. The number of hydrogen-bond donors (Lipinski definition) is 3. The van der Waals surface area contributed by atoms with Gasteiger partial charge in [0, 0.05) is 34.3 Å². The van der Waals surface area contributed by atoms with Gasteiger partial charge < -0.3 is 15.4 Å². The van der Waals surface area contributed by atoms with Crippen molar-refractivity contribution in [1.82, 2.24) is 4.98 Å².